The van der Waals surface area contributed by atoms with Crippen molar-refractivity contribution >= 4 is 22.8 Å². The molecular formula is C29H27N7O2. The van der Waals surface area contributed by atoms with Crippen LogP contribution in [-0.2, 0) is 4.79 Å². The van der Waals surface area contributed by atoms with E-state index in [1.807, 2.05) is 65.4 Å². The van der Waals surface area contributed by atoms with Crippen LogP contribution in [0.3, 0.4) is 0 Å². The van der Waals surface area contributed by atoms with Crippen LogP contribution in [0.4, 0.5) is 5.82 Å². The lowest BCUT2D eigenvalue weighted by atomic mass is 10.1. The minimum atomic E-state index is -0.198. The van der Waals surface area contributed by atoms with Gasteiger partial charge in [-0.25, -0.2) is 19.5 Å². The number of amides is 1. The van der Waals surface area contributed by atoms with E-state index in [1.165, 1.54) is 6.33 Å². The molecule has 3 heterocycles. The summed E-state index contributed by atoms with van der Waals surface area (Å²) < 4.78 is 7.81. The molecule has 2 aliphatic rings. The predicted octanol–water partition coefficient (Wildman–Crippen LogP) is 5.24. The number of fused-ring (bicyclic) bond motifs is 1. The molecule has 1 saturated carbocycles. The van der Waals surface area contributed by atoms with Crippen LogP contribution in [0.2, 0.25) is 0 Å². The number of likely N-dealkylation sites (tertiary alicyclic amines) is 1. The topological polar surface area (TPSA) is 104 Å². The van der Waals surface area contributed by atoms with E-state index in [0.717, 1.165) is 37.0 Å². The molecule has 2 aromatic carbocycles. The van der Waals surface area contributed by atoms with E-state index < -0.39 is 0 Å². The zero-order valence-corrected chi connectivity index (χ0v) is 20.8. The van der Waals surface area contributed by atoms with E-state index in [9.17, 15) is 4.79 Å². The fourth-order valence-corrected chi connectivity index (χ4v) is 4.90. The highest BCUT2D eigenvalue weighted by atomic mass is 16.5. The van der Waals surface area contributed by atoms with Crippen molar-refractivity contribution in [3.8, 4) is 22.8 Å². The summed E-state index contributed by atoms with van der Waals surface area (Å²) in [6, 6.07) is 17.2. The van der Waals surface area contributed by atoms with Gasteiger partial charge in [-0.3, -0.25) is 4.79 Å². The van der Waals surface area contributed by atoms with Crippen molar-refractivity contribution in [1.82, 2.24) is 24.6 Å². The number of allylic oxidation sites excluding steroid dienone is 1. The quantitative estimate of drug-likeness (QED) is 0.284. The molecule has 2 aromatic heterocycles. The average molecular weight is 506 g/mol. The van der Waals surface area contributed by atoms with Gasteiger partial charge in [0.1, 0.15) is 29.3 Å². The first-order valence-electron chi connectivity index (χ1n) is 12.8. The van der Waals surface area contributed by atoms with Crippen LogP contribution in [0.15, 0.2) is 72.7 Å². The molecule has 0 spiro atoms. The van der Waals surface area contributed by atoms with Crippen molar-refractivity contribution in [2.24, 2.45) is 5.92 Å². The van der Waals surface area contributed by atoms with E-state index in [-0.39, 0.29) is 17.6 Å². The third kappa shape index (κ3) is 4.68. The number of nitrogens with zero attached hydrogens (tertiary/aromatic N) is 6. The molecule has 4 aromatic rings. The third-order valence-corrected chi connectivity index (χ3v) is 7.01. The molecule has 9 heteroatoms. The van der Waals surface area contributed by atoms with Gasteiger partial charge in [-0.1, -0.05) is 24.3 Å². The lowest BCUT2D eigenvalue weighted by molar-refractivity contribution is -0.128. The highest BCUT2D eigenvalue weighted by Gasteiger charge is 2.31. The van der Waals surface area contributed by atoms with Crippen molar-refractivity contribution in [1.29, 1.82) is 0 Å². The Morgan fingerprint density at radius 2 is 1.82 bits per heavy atom. The second kappa shape index (κ2) is 9.98. The Bertz CT molecular complexity index is 1550. The van der Waals surface area contributed by atoms with Crippen LogP contribution in [0.25, 0.3) is 27.1 Å². The lowest BCUT2D eigenvalue weighted by Crippen LogP contribution is -2.41. The lowest BCUT2D eigenvalue weighted by Gasteiger charge is -2.33. The molecule has 190 valence electrons. The molecule has 1 aliphatic heterocycles. The highest BCUT2D eigenvalue weighted by Crippen LogP contribution is 2.36. The van der Waals surface area contributed by atoms with E-state index in [0.29, 0.717) is 47.3 Å². The smallest absolute Gasteiger partial charge is 0.252 e. The summed E-state index contributed by atoms with van der Waals surface area (Å²) in [7, 11) is 0. The Hall–Kier alpha value is -4.71. The Morgan fingerprint density at radius 1 is 1.05 bits per heavy atom. The first-order chi connectivity index (χ1) is 18.6. The molecule has 2 fully saturated rings. The fraction of sp³-hybridized carbons (Fsp3) is 0.276. The standard InChI is InChI=1S/C29H27N7O2/c1-31-24(16-19-9-10-19)29(37)35-15-5-6-21(17-35)36-28-25(27(30)32-18-33-28)26(34-36)20-11-13-23(14-12-20)38-22-7-3-2-4-8-22/h2-4,7-8,11-14,16,18-19,21H,5-6,9-10,15,17H2,(H2,30,32,33)/b24-16-/t21-/m1/s1. The van der Waals surface area contributed by atoms with Crippen LogP contribution in [0.1, 0.15) is 31.7 Å². The van der Waals surface area contributed by atoms with Crippen LogP contribution in [0.5, 0.6) is 11.5 Å². The molecule has 1 aliphatic carbocycles. The average Bonchev–Trinajstić information content (AvgIpc) is 3.69. The highest BCUT2D eigenvalue weighted by molar-refractivity contribution is 5.98. The van der Waals surface area contributed by atoms with Gasteiger partial charge >= 0.3 is 0 Å². The van der Waals surface area contributed by atoms with Gasteiger partial charge in [-0.05, 0) is 68.0 Å². The van der Waals surface area contributed by atoms with Gasteiger partial charge in [0.2, 0.25) is 5.70 Å². The number of nitrogens with two attached hydrogens (primary N) is 1. The molecular weight excluding hydrogens is 478 g/mol. The summed E-state index contributed by atoms with van der Waals surface area (Å²) in [6.07, 6.45) is 7.04. The summed E-state index contributed by atoms with van der Waals surface area (Å²) in [6.45, 7) is 8.59. The molecule has 0 bridgehead atoms. The van der Waals surface area contributed by atoms with Gasteiger partial charge < -0.3 is 15.4 Å². The number of aromatic nitrogens is 4. The molecule has 1 saturated heterocycles. The maximum atomic E-state index is 13.1. The van der Waals surface area contributed by atoms with Crippen molar-refractivity contribution in [3.05, 3.63) is 84.1 Å². The number of hydrogen-bond acceptors (Lipinski definition) is 6. The third-order valence-electron chi connectivity index (χ3n) is 7.01. The second-order valence-corrected chi connectivity index (χ2v) is 9.74. The van der Waals surface area contributed by atoms with E-state index in [1.54, 1.807) is 4.90 Å². The molecule has 6 rings (SSSR count). The van der Waals surface area contributed by atoms with Crippen molar-refractivity contribution in [3.63, 3.8) is 0 Å². The molecule has 0 radical (unpaired) electrons. The van der Waals surface area contributed by atoms with Gasteiger partial charge in [-0.15, -0.1) is 0 Å². The number of ether oxygens (including phenoxy) is 1. The first-order valence-corrected chi connectivity index (χ1v) is 12.8. The fourth-order valence-electron chi connectivity index (χ4n) is 4.90. The van der Waals surface area contributed by atoms with E-state index in [2.05, 4.69) is 14.8 Å². The zero-order chi connectivity index (χ0) is 26.1. The molecule has 2 N–H and O–H groups in total. The number of piperidine rings is 1. The predicted molar refractivity (Wildman–Crippen MR) is 144 cm³/mol. The van der Waals surface area contributed by atoms with Crippen LogP contribution < -0.4 is 10.5 Å². The Kier molecular flexibility index (Phi) is 6.22. The van der Waals surface area contributed by atoms with Gasteiger partial charge in [0, 0.05) is 18.7 Å². The van der Waals surface area contributed by atoms with Crippen LogP contribution in [-0.4, -0.2) is 43.6 Å². The molecule has 38 heavy (non-hydrogen) atoms. The molecule has 1 atom stereocenters. The van der Waals surface area contributed by atoms with Crippen molar-refractivity contribution in [2.75, 3.05) is 18.8 Å². The van der Waals surface area contributed by atoms with E-state index >= 15 is 0 Å². The summed E-state index contributed by atoms with van der Waals surface area (Å²) in [5, 5.41) is 5.64. The van der Waals surface area contributed by atoms with Crippen LogP contribution >= 0.6 is 0 Å². The van der Waals surface area contributed by atoms with Crippen molar-refractivity contribution in [2.45, 2.75) is 31.7 Å². The summed E-state index contributed by atoms with van der Waals surface area (Å²) in [5.74, 6) is 2.00. The number of benzene rings is 2. The molecule has 0 unspecified atom stereocenters. The minimum absolute atomic E-state index is 0.0909. The van der Waals surface area contributed by atoms with Gasteiger partial charge in [0.05, 0.1) is 18.0 Å². The number of para-hydroxylation sites is 1. The van der Waals surface area contributed by atoms with Gasteiger partial charge in [0.15, 0.2) is 5.65 Å². The number of rotatable bonds is 6. The van der Waals surface area contributed by atoms with Crippen molar-refractivity contribution < 1.29 is 9.53 Å². The molecule has 1 amide bonds. The van der Waals surface area contributed by atoms with Gasteiger partial charge in [-0.2, -0.15) is 5.10 Å². The maximum absolute atomic E-state index is 13.1. The summed E-state index contributed by atoms with van der Waals surface area (Å²) in [4.78, 5) is 27.2. The Morgan fingerprint density at radius 3 is 2.55 bits per heavy atom. The Labute approximate surface area is 220 Å². The maximum Gasteiger partial charge on any atom is 0.252 e. The number of hydrogen-bond donors (Lipinski definition) is 1. The number of anilines is 1. The largest absolute Gasteiger partial charge is 0.457 e. The van der Waals surface area contributed by atoms with Crippen LogP contribution in [0, 0.1) is 12.5 Å². The molecule has 9 nitrogen and oxygen atoms in total. The number of nitrogen functional groups attached to an aromatic ring is 1. The summed E-state index contributed by atoms with van der Waals surface area (Å²) >= 11 is 0. The SMILES string of the molecule is [C-]#[N+]/C(=C\C1CC1)C(=O)N1CCC[C@@H](n2nc(-c3ccc(Oc4ccccc4)cc3)c3c(N)ncnc32)C1. The normalized spacial score (nSPS) is 17.8. The summed E-state index contributed by atoms with van der Waals surface area (Å²) in [5.41, 5.74) is 8.73. The first kappa shape index (κ1) is 23.7. The minimum Gasteiger partial charge on any atom is -0.457 e. The Balaban J connectivity index is 1.30. The second-order valence-electron chi connectivity index (χ2n) is 9.74. The zero-order valence-electron chi connectivity index (χ0n) is 20.8. The number of carbonyl (C=O) groups is 1. The van der Waals surface area contributed by atoms with Gasteiger partial charge in [0.25, 0.3) is 5.91 Å². The number of carbonyl (C=O) groups excluding carboxylic acids is 1. The monoisotopic (exact) mass is 505 g/mol. The van der Waals surface area contributed by atoms with E-state index in [4.69, 9.17) is 22.1 Å².